The zero-order valence-electron chi connectivity index (χ0n) is 21.3. The number of alkyl halides is 3. The Kier molecular flexibility index (Phi) is 8.38. The molecule has 3 aromatic rings. The number of rotatable bonds is 8. The summed E-state index contributed by atoms with van der Waals surface area (Å²) in [7, 11) is 0. The van der Waals surface area contributed by atoms with Crippen molar-refractivity contribution in [3.05, 3.63) is 95.1 Å². The minimum atomic E-state index is -4.42. The van der Waals surface area contributed by atoms with Crippen molar-refractivity contribution >= 4 is 5.97 Å². The van der Waals surface area contributed by atoms with Crippen LogP contribution >= 0.6 is 0 Å². The van der Waals surface area contributed by atoms with Gasteiger partial charge in [0.05, 0.1) is 17.5 Å². The lowest BCUT2D eigenvalue weighted by atomic mass is 9.84. The molecule has 0 spiro atoms. The minimum Gasteiger partial charge on any atom is -0.481 e. The van der Waals surface area contributed by atoms with E-state index in [1.165, 1.54) is 18.6 Å². The smallest absolute Gasteiger partial charge is 0.416 e. The van der Waals surface area contributed by atoms with Crippen LogP contribution in [0, 0.1) is 5.92 Å². The molecule has 4 rings (SSSR count). The van der Waals surface area contributed by atoms with Gasteiger partial charge in [0.1, 0.15) is 0 Å². The van der Waals surface area contributed by atoms with Gasteiger partial charge in [-0.1, -0.05) is 74.9 Å². The molecule has 0 radical (unpaired) electrons. The van der Waals surface area contributed by atoms with Gasteiger partial charge >= 0.3 is 12.1 Å². The van der Waals surface area contributed by atoms with Crippen LogP contribution in [0.25, 0.3) is 11.1 Å². The molecule has 0 aromatic heterocycles. The van der Waals surface area contributed by atoms with Gasteiger partial charge in [-0.05, 0) is 84.3 Å². The third kappa shape index (κ3) is 6.42. The fourth-order valence-electron chi connectivity index (χ4n) is 5.37. The molecular weight excluding hydrogens is 475 g/mol. The standard InChI is InChI=1S/C31H34F3NO2/c1-21(2)19-28(30(36)37)24-13-16-26(27(20-24)22-11-14-25(15-12-22)31(32,33)34)29(23-9-5-3-6-10-23)35-17-7-4-8-18-35/h3,5-6,9-16,20-21,28-29H,4,7-8,17-19H2,1-2H3,(H,36,37). The number of hydrogen-bond donors (Lipinski definition) is 1. The fourth-order valence-corrected chi connectivity index (χ4v) is 5.37. The van der Waals surface area contributed by atoms with Crippen LogP contribution in [0.4, 0.5) is 13.2 Å². The molecule has 1 heterocycles. The van der Waals surface area contributed by atoms with Crippen molar-refractivity contribution in [2.75, 3.05) is 13.1 Å². The summed E-state index contributed by atoms with van der Waals surface area (Å²) in [5.74, 6) is -1.40. The van der Waals surface area contributed by atoms with Crippen LogP contribution in [-0.2, 0) is 11.0 Å². The number of halogens is 3. The molecule has 6 heteroatoms. The highest BCUT2D eigenvalue weighted by molar-refractivity contribution is 5.78. The number of nitrogens with zero attached hydrogens (tertiary/aromatic N) is 1. The maximum atomic E-state index is 13.3. The molecule has 0 amide bonds. The quantitative estimate of drug-likeness (QED) is 0.333. The zero-order valence-corrected chi connectivity index (χ0v) is 21.3. The lowest BCUT2D eigenvalue weighted by Crippen LogP contribution is -2.34. The predicted molar refractivity (Wildman–Crippen MR) is 140 cm³/mol. The molecule has 3 nitrogen and oxygen atoms in total. The van der Waals surface area contributed by atoms with E-state index in [2.05, 4.69) is 17.0 Å². The van der Waals surface area contributed by atoms with Crippen LogP contribution in [0.3, 0.4) is 0 Å². The summed E-state index contributed by atoms with van der Waals surface area (Å²) in [6.07, 6.45) is -0.582. The molecule has 1 aliphatic rings. The van der Waals surface area contributed by atoms with Crippen LogP contribution in [0.5, 0.6) is 0 Å². The average Bonchev–Trinajstić information content (AvgIpc) is 2.88. The molecule has 0 saturated carbocycles. The first-order chi connectivity index (χ1) is 17.6. The van der Waals surface area contributed by atoms with Crippen molar-refractivity contribution < 1.29 is 23.1 Å². The molecular formula is C31H34F3NO2. The molecule has 3 aromatic carbocycles. The molecule has 0 bridgehead atoms. The summed E-state index contributed by atoms with van der Waals surface area (Å²) >= 11 is 0. The van der Waals surface area contributed by atoms with Gasteiger partial charge in [0.2, 0.25) is 0 Å². The molecule has 1 aliphatic heterocycles. The van der Waals surface area contributed by atoms with Crippen LogP contribution in [0.1, 0.15) is 73.7 Å². The van der Waals surface area contributed by atoms with Crippen molar-refractivity contribution in [2.45, 2.75) is 57.7 Å². The van der Waals surface area contributed by atoms with E-state index >= 15 is 0 Å². The number of benzene rings is 3. The number of likely N-dealkylation sites (tertiary alicyclic amines) is 1. The maximum absolute atomic E-state index is 13.3. The Bertz CT molecular complexity index is 1180. The summed E-state index contributed by atoms with van der Waals surface area (Å²) in [5.41, 5.74) is 3.49. The monoisotopic (exact) mass is 509 g/mol. The van der Waals surface area contributed by atoms with Gasteiger partial charge < -0.3 is 5.11 Å². The molecule has 0 aliphatic carbocycles. The Morgan fingerprint density at radius 3 is 2.11 bits per heavy atom. The number of piperidine rings is 1. The molecule has 1 N–H and O–H groups in total. The van der Waals surface area contributed by atoms with Gasteiger partial charge in [0.15, 0.2) is 0 Å². The van der Waals surface area contributed by atoms with E-state index in [4.69, 9.17) is 0 Å². The highest BCUT2D eigenvalue weighted by Crippen LogP contribution is 2.40. The molecule has 2 atom stereocenters. The Morgan fingerprint density at radius 2 is 1.54 bits per heavy atom. The normalized spacial score (nSPS) is 16.5. The SMILES string of the molecule is CC(C)CC(C(=O)O)c1ccc(C(c2ccccc2)N2CCCCC2)c(-c2ccc(C(F)(F)F)cc2)c1. The fraction of sp³-hybridized carbons (Fsp3) is 0.387. The van der Waals surface area contributed by atoms with Gasteiger partial charge in [-0.3, -0.25) is 9.69 Å². The van der Waals surface area contributed by atoms with Crippen LogP contribution < -0.4 is 0 Å². The summed E-state index contributed by atoms with van der Waals surface area (Å²) in [6.45, 7) is 5.84. The van der Waals surface area contributed by atoms with E-state index < -0.39 is 23.6 Å². The first-order valence-electron chi connectivity index (χ1n) is 13.0. The molecule has 196 valence electrons. The second-order valence-electron chi connectivity index (χ2n) is 10.4. The van der Waals surface area contributed by atoms with E-state index in [9.17, 15) is 23.1 Å². The highest BCUT2D eigenvalue weighted by atomic mass is 19.4. The van der Waals surface area contributed by atoms with Crippen LogP contribution in [-0.4, -0.2) is 29.1 Å². The van der Waals surface area contributed by atoms with Crippen LogP contribution in [0.2, 0.25) is 0 Å². The van der Waals surface area contributed by atoms with E-state index in [-0.39, 0.29) is 12.0 Å². The van der Waals surface area contributed by atoms with E-state index in [0.29, 0.717) is 17.5 Å². The third-order valence-corrected chi connectivity index (χ3v) is 7.17. The topological polar surface area (TPSA) is 40.5 Å². The molecule has 1 saturated heterocycles. The lowest BCUT2D eigenvalue weighted by molar-refractivity contribution is -0.139. The minimum absolute atomic E-state index is 0.0822. The number of hydrogen-bond acceptors (Lipinski definition) is 2. The lowest BCUT2D eigenvalue weighted by Gasteiger charge is -2.36. The number of carbonyl (C=O) groups is 1. The van der Waals surface area contributed by atoms with Gasteiger partial charge in [0, 0.05) is 0 Å². The summed E-state index contributed by atoms with van der Waals surface area (Å²) in [6, 6.07) is 21.0. The largest absolute Gasteiger partial charge is 0.481 e. The summed E-state index contributed by atoms with van der Waals surface area (Å²) in [4.78, 5) is 14.6. The van der Waals surface area contributed by atoms with Gasteiger partial charge in [-0.25, -0.2) is 0 Å². The van der Waals surface area contributed by atoms with Crippen LogP contribution in [0.15, 0.2) is 72.8 Å². The number of aliphatic carboxylic acids is 1. The second kappa shape index (κ2) is 11.5. The highest BCUT2D eigenvalue weighted by Gasteiger charge is 2.31. The van der Waals surface area contributed by atoms with Crippen molar-refractivity contribution in [2.24, 2.45) is 5.92 Å². The van der Waals surface area contributed by atoms with Crippen molar-refractivity contribution in [1.29, 1.82) is 0 Å². The molecule has 37 heavy (non-hydrogen) atoms. The van der Waals surface area contributed by atoms with Gasteiger partial charge in [0.25, 0.3) is 0 Å². The predicted octanol–water partition coefficient (Wildman–Crippen LogP) is 8.16. The number of carboxylic acid groups (broad SMARTS) is 1. The Hall–Kier alpha value is -3.12. The van der Waals surface area contributed by atoms with Crippen molar-refractivity contribution in [1.82, 2.24) is 4.90 Å². The first kappa shape index (κ1) is 26.9. The average molecular weight is 510 g/mol. The maximum Gasteiger partial charge on any atom is 0.416 e. The molecule has 2 unspecified atom stereocenters. The zero-order chi connectivity index (χ0) is 26.6. The van der Waals surface area contributed by atoms with Gasteiger partial charge in [-0.15, -0.1) is 0 Å². The van der Waals surface area contributed by atoms with Crippen molar-refractivity contribution in [3.63, 3.8) is 0 Å². The number of carboxylic acids is 1. The Labute approximate surface area is 216 Å². The summed E-state index contributed by atoms with van der Waals surface area (Å²) < 4.78 is 39.9. The molecule has 1 fully saturated rings. The second-order valence-corrected chi connectivity index (χ2v) is 10.4. The van der Waals surface area contributed by atoms with E-state index in [1.54, 1.807) is 0 Å². The third-order valence-electron chi connectivity index (χ3n) is 7.17. The Morgan fingerprint density at radius 1 is 0.892 bits per heavy atom. The van der Waals surface area contributed by atoms with Gasteiger partial charge in [-0.2, -0.15) is 13.2 Å². The van der Waals surface area contributed by atoms with Crippen molar-refractivity contribution in [3.8, 4) is 11.1 Å². The summed E-state index contributed by atoms with van der Waals surface area (Å²) in [5, 5.41) is 9.99. The first-order valence-corrected chi connectivity index (χ1v) is 13.0. The van der Waals surface area contributed by atoms with E-state index in [0.717, 1.165) is 54.8 Å². The Balaban J connectivity index is 1.89. The van der Waals surface area contributed by atoms with E-state index in [1.807, 2.05) is 50.2 Å².